The summed E-state index contributed by atoms with van der Waals surface area (Å²) in [7, 11) is 0. The summed E-state index contributed by atoms with van der Waals surface area (Å²) in [6.07, 6.45) is 1.60. The third-order valence-corrected chi connectivity index (χ3v) is 8.13. The van der Waals surface area contributed by atoms with E-state index in [1.54, 1.807) is 6.20 Å². The summed E-state index contributed by atoms with van der Waals surface area (Å²) in [5.41, 5.74) is 5.95. The molecular weight excluding hydrogens is 524 g/mol. The van der Waals surface area contributed by atoms with Crippen molar-refractivity contribution in [2.75, 3.05) is 72.8 Å². The predicted molar refractivity (Wildman–Crippen MR) is 165 cm³/mol. The molecule has 2 aliphatic heterocycles. The summed E-state index contributed by atoms with van der Waals surface area (Å²) in [5.74, 6) is 1.02. The average molecular weight is 563 g/mol. The van der Waals surface area contributed by atoms with Gasteiger partial charge in [-0.25, -0.2) is 4.98 Å². The number of carbonyl (C=O) groups excluding carboxylic acids is 1. The number of rotatable bonds is 8. The van der Waals surface area contributed by atoms with Crippen LogP contribution in [-0.2, 0) is 6.54 Å². The lowest BCUT2D eigenvalue weighted by Crippen LogP contribution is -2.34. The standard InChI is InChI=1S/C30H39ClN8O/c1-5-36-13-14-37(6-2)26-17-23(10-9-21(26)20-36)34-30-32-19-25(31)28(35-30)33-22-11-12-24-27(18-22)38(7-3)15-16-39(8-4)29(24)40/h9-12,17-19H,5-8,13-16,20H2,1-4H3,(H2,32,33,34,35). The van der Waals surface area contributed by atoms with Crippen molar-refractivity contribution in [2.24, 2.45) is 0 Å². The fourth-order valence-corrected chi connectivity index (χ4v) is 5.61. The van der Waals surface area contributed by atoms with Crippen LogP contribution in [0.25, 0.3) is 0 Å². The van der Waals surface area contributed by atoms with Crippen molar-refractivity contribution in [3.8, 4) is 0 Å². The van der Waals surface area contributed by atoms with Crippen LogP contribution in [0.3, 0.4) is 0 Å². The molecule has 40 heavy (non-hydrogen) atoms. The first-order valence-electron chi connectivity index (χ1n) is 14.3. The van der Waals surface area contributed by atoms with Gasteiger partial charge in [-0.3, -0.25) is 9.69 Å². The zero-order chi connectivity index (χ0) is 28.2. The number of amides is 1. The summed E-state index contributed by atoms with van der Waals surface area (Å²) >= 11 is 6.52. The molecular formula is C30H39ClN8O. The van der Waals surface area contributed by atoms with Crippen molar-refractivity contribution >= 4 is 52.0 Å². The van der Waals surface area contributed by atoms with Gasteiger partial charge in [0.1, 0.15) is 5.02 Å². The fraction of sp³-hybridized carbons (Fsp3) is 0.433. The van der Waals surface area contributed by atoms with Gasteiger partial charge in [0.15, 0.2) is 5.82 Å². The first kappa shape index (κ1) is 28.0. The van der Waals surface area contributed by atoms with Gasteiger partial charge in [-0.05, 0) is 63.2 Å². The molecule has 0 saturated carbocycles. The van der Waals surface area contributed by atoms with Gasteiger partial charge in [-0.15, -0.1) is 0 Å². The SMILES string of the molecule is CCN1CCN(CC)c2cc(Nc3ncc(Cl)c(Nc4ccc5c(c4)N(CC)CCN(CC)C5=O)n3)ccc2C1. The molecule has 3 aromatic rings. The smallest absolute Gasteiger partial charge is 0.256 e. The van der Waals surface area contributed by atoms with Gasteiger partial charge in [0.2, 0.25) is 5.95 Å². The van der Waals surface area contributed by atoms with Crippen molar-refractivity contribution in [2.45, 2.75) is 34.2 Å². The molecule has 0 bridgehead atoms. The van der Waals surface area contributed by atoms with E-state index >= 15 is 0 Å². The average Bonchev–Trinajstić information content (AvgIpc) is 3.23. The molecule has 3 heterocycles. The van der Waals surface area contributed by atoms with Crippen molar-refractivity contribution in [3.05, 3.63) is 58.7 Å². The monoisotopic (exact) mass is 562 g/mol. The molecule has 0 saturated heterocycles. The van der Waals surface area contributed by atoms with E-state index in [-0.39, 0.29) is 5.91 Å². The Balaban J connectivity index is 1.39. The summed E-state index contributed by atoms with van der Waals surface area (Å²) in [6.45, 7) is 16.6. The van der Waals surface area contributed by atoms with Crippen LogP contribution in [0.15, 0.2) is 42.6 Å². The quantitative estimate of drug-likeness (QED) is 0.368. The zero-order valence-corrected chi connectivity index (χ0v) is 24.6. The number of benzene rings is 2. The van der Waals surface area contributed by atoms with Crippen molar-refractivity contribution < 1.29 is 4.79 Å². The van der Waals surface area contributed by atoms with E-state index in [0.717, 1.165) is 62.9 Å². The molecule has 0 atom stereocenters. The highest BCUT2D eigenvalue weighted by molar-refractivity contribution is 6.32. The minimum Gasteiger partial charge on any atom is -0.370 e. The van der Waals surface area contributed by atoms with E-state index in [0.29, 0.717) is 35.4 Å². The van der Waals surface area contributed by atoms with Gasteiger partial charge >= 0.3 is 0 Å². The number of nitrogens with zero attached hydrogens (tertiary/aromatic N) is 6. The second kappa shape index (κ2) is 12.3. The number of likely N-dealkylation sites (N-methyl/N-ethyl adjacent to an activating group) is 4. The Kier molecular flexibility index (Phi) is 8.61. The zero-order valence-electron chi connectivity index (χ0n) is 23.9. The maximum absolute atomic E-state index is 13.1. The Bertz CT molecular complexity index is 1370. The fourth-order valence-electron chi connectivity index (χ4n) is 5.47. The van der Waals surface area contributed by atoms with Gasteiger partial charge in [0.25, 0.3) is 5.91 Å². The highest BCUT2D eigenvalue weighted by Gasteiger charge is 2.25. The summed E-state index contributed by atoms with van der Waals surface area (Å²) in [5, 5.41) is 7.14. The van der Waals surface area contributed by atoms with E-state index in [1.165, 1.54) is 11.3 Å². The van der Waals surface area contributed by atoms with Crippen LogP contribution < -0.4 is 20.4 Å². The Morgan fingerprint density at radius 3 is 2.20 bits per heavy atom. The summed E-state index contributed by atoms with van der Waals surface area (Å²) < 4.78 is 0. The second-order valence-corrected chi connectivity index (χ2v) is 10.5. The van der Waals surface area contributed by atoms with E-state index in [9.17, 15) is 4.79 Å². The third-order valence-electron chi connectivity index (χ3n) is 7.86. The Labute approximate surface area is 242 Å². The Hall–Kier alpha value is -3.56. The molecule has 1 amide bonds. The highest BCUT2D eigenvalue weighted by atomic mass is 35.5. The molecule has 2 N–H and O–H groups in total. The first-order chi connectivity index (χ1) is 19.4. The topological polar surface area (TPSA) is 79.9 Å². The molecule has 0 unspecified atom stereocenters. The van der Waals surface area contributed by atoms with E-state index in [1.807, 2.05) is 30.0 Å². The molecule has 2 aliphatic rings. The predicted octanol–water partition coefficient (Wildman–Crippen LogP) is 5.58. The Morgan fingerprint density at radius 2 is 1.45 bits per heavy atom. The lowest BCUT2D eigenvalue weighted by molar-refractivity contribution is 0.0775. The summed E-state index contributed by atoms with van der Waals surface area (Å²) in [4.78, 5) is 31.2. The largest absolute Gasteiger partial charge is 0.370 e. The third kappa shape index (κ3) is 5.81. The molecule has 9 nitrogen and oxygen atoms in total. The minimum absolute atomic E-state index is 0.0661. The van der Waals surface area contributed by atoms with E-state index in [4.69, 9.17) is 16.6 Å². The minimum atomic E-state index is 0.0661. The highest BCUT2D eigenvalue weighted by Crippen LogP contribution is 2.33. The van der Waals surface area contributed by atoms with Crippen molar-refractivity contribution in [3.63, 3.8) is 0 Å². The van der Waals surface area contributed by atoms with E-state index < -0.39 is 0 Å². The lowest BCUT2D eigenvalue weighted by atomic mass is 10.1. The number of fused-ring (bicyclic) bond motifs is 2. The number of carbonyl (C=O) groups is 1. The second-order valence-electron chi connectivity index (χ2n) is 10.1. The van der Waals surface area contributed by atoms with Crippen LogP contribution in [0, 0.1) is 0 Å². The number of halogens is 1. The van der Waals surface area contributed by atoms with Crippen LogP contribution in [0.5, 0.6) is 0 Å². The van der Waals surface area contributed by atoms with Gasteiger partial charge in [0.05, 0.1) is 17.4 Å². The molecule has 0 radical (unpaired) electrons. The normalized spacial score (nSPS) is 15.8. The van der Waals surface area contributed by atoms with Crippen LogP contribution in [-0.4, -0.2) is 78.0 Å². The molecule has 0 spiro atoms. The summed E-state index contributed by atoms with van der Waals surface area (Å²) in [6, 6.07) is 12.3. The number of nitrogens with one attached hydrogen (secondary N) is 2. The van der Waals surface area contributed by atoms with Crippen LogP contribution in [0.4, 0.5) is 34.5 Å². The van der Waals surface area contributed by atoms with Crippen molar-refractivity contribution in [1.29, 1.82) is 0 Å². The molecule has 5 rings (SSSR count). The maximum Gasteiger partial charge on any atom is 0.256 e. The number of hydrogen-bond donors (Lipinski definition) is 2. The molecule has 2 aromatic carbocycles. The van der Waals surface area contributed by atoms with Crippen molar-refractivity contribution in [1.82, 2.24) is 19.8 Å². The molecule has 10 heteroatoms. The first-order valence-corrected chi connectivity index (χ1v) is 14.7. The van der Waals surface area contributed by atoms with Gasteiger partial charge in [-0.2, -0.15) is 4.98 Å². The number of aromatic nitrogens is 2. The molecule has 0 fully saturated rings. The lowest BCUT2D eigenvalue weighted by Gasteiger charge is -2.23. The van der Waals surface area contributed by atoms with E-state index in [2.05, 4.69) is 69.3 Å². The van der Waals surface area contributed by atoms with Gasteiger partial charge in [0, 0.05) is 69.4 Å². The van der Waals surface area contributed by atoms with Crippen LogP contribution in [0.2, 0.25) is 5.02 Å². The van der Waals surface area contributed by atoms with Crippen LogP contribution >= 0.6 is 11.6 Å². The molecule has 212 valence electrons. The maximum atomic E-state index is 13.1. The van der Waals surface area contributed by atoms with Crippen LogP contribution in [0.1, 0.15) is 43.6 Å². The van der Waals surface area contributed by atoms with Gasteiger partial charge < -0.3 is 25.3 Å². The van der Waals surface area contributed by atoms with Gasteiger partial charge in [-0.1, -0.05) is 24.6 Å². The molecule has 0 aliphatic carbocycles. The Morgan fingerprint density at radius 1 is 0.800 bits per heavy atom. The number of anilines is 6. The number of hydrogen-bond acceptors (Lipinski definition) is 8. The molecule has 1 aromatic heterocycles.